The zero-order valence-corrected chi connectivity index (χ0v) is 11.6. The van der Waals surface area contributed by atoms with Gasteiger partial charge in [-0.3, -0.25) is 0 Å². The van der Waals surface area contributed by atoms with Crippen LogP contribution in [0.1, 0.15) is 5.56 Å². The number of fused-ring (bicyclic) bond motifs is 1. The van der Waals surface area contributed by atoms with E-state index in [1.165, 1.54) is 27.6 Å². The van der Waals surface area contributed by atoms with E-state index in [0.29, 0.717) is 0 Å². The molecule has 3 heteroatoms. The predicted molar refractivity (Wildman–Crippen MR) is 83.0 cm³/mol. The van der Waals surface area contributed by atoms with Crippen LogP contribution in [-0.2, 0) is 0 Å². The smallest absolute Gasteiger partial charge is 0.0460 e. The summed E-state index contributed by atoms with van der Waals surface area (Å²) in [5.41, 5.74) is 5.03. The molecule has 1 nitrogen and oxygen atoms in total. The van der Waals surface area contributed by atoms with Gasteiger partial charge in [-0.2, -0.15) is 0 Å². The van der Waals surface area contributed by atoms with E-state index in [9.17, 15) is 0 Å². The fourth-order valence-electron chi connectivity index (χ4n) is 2.09. The van der Waals surface area contributed by atoms with Crippen molar-refractivity contribution in [1.29, 1.82) is 0 Å². The Morgan fingerprint density at radius 3 is 2.33 bits per heavy atom. The standard InChI is InChI=1S/C15H13N.2ClH/c1-11-7-8-15-13(9-11)14(10-16-15)12-5-3-2-4-6-12;;/h2-10,16H,1H3;2*1H. The molecule has 1 heterocycles. The molecule has 94 valence electrons. The highest BCUT2D eigenvalue weighted by atomic mass is 35.5. The quantitative estimate of drug-likeness (QED) is 0.646. The minimum atomic E-state index is 0. The number of rotatable bonds is 1. The van der Waals surface area contributed by atoms with E-state index in [2.05, 4.69) is 60.6 Å². The third kappa shape index (κ3) is 2.53. The van der Waals surface area contributed by atoms with E-state index in [4.69, 9.17) is 0 Å². The van der Waals surface area contributed by atoms with Crippen LogP contribution < -0.4 is 0 Å². The van der Waals surface area contributed by atoms with Crippen LogP contribution in [0.3, 0.4) is 0 Å². The summed E-state index contributed by atoms with van der Waals surface area (Å²) < 4.78 is 0. The number of aryl methyl sites for hydroxylation is 1. The van der Waals surface area contributed by atoms with E-state index in [1.807, 2.05) is 6.07 Å². The van der Waals surface area contributed by atoms with Crippen molar-refractivity contribution < 1.29 is 0 Å². The van der Waals surface area contributed by atoms with Crippen molar-refractivity contribution in [2.45, 2.75) is 6.92 Å². The summed E-state index contributed by atoms with van der Waals surface area (Å²) in [5.74, 6) is 0. The van der Waals surface area contributed by atoms with Gasteiger partial charge in [0, 0.05) is 22.7 Å². The Morgan fingerprint density at radius 2 is 1.61 bits per heavy atom. The number of hydrogen-bond donors (Lipinski definition) is 1. The molecule has 0 atom stereocenters. The minimum Gasteiger partial charge on any atom is -0.361 e. The maximum atomic E-state index is 3.31. The van der Waals surface area contributed by atoms with E-state index in [0.717, 1.165) is 0 Å². The van der Waals surface area contributed by atoms with E-state index in [1.54, 1.807) is 0 Å². The first-order valence-electron chi connectivity index (χ1n) is 5.48. The molecule has 0 spiro atoms. The Morgan fingerprint density at radius 1 is 0.889 bits per heavy atom. The van der Waals surface area contributed by atoms with Gasteiger partial charge in [-0.15, -0.1) is 24.8 Å². The van der Waals surface area contributed by atoms with Gasteiger partial charge < -0.3 is 4.98 Å². The van der Waals surface area contributed by atoms with Gasteiger partial charge in [-0.1, -0.05) is 42.0 Å². The molecule has 2 aromatic carbocycles. The maximum absolute atomic E-state index is 3.31. The highest BCUT2D eigenvalue weighted by Gasteiger charge is 2.04. The largest absolute Gasteiger partial charge is 0.361 e. The molecule has 0 unspecified atom stereocenters. The number of aromatic amines is 1. The van der Waals surface area contributed by atoms with Gasteiger partial charge in [-0.25, -0.2) is 0 Å². The topological polar surface area (TPSA) is 15.8 Å². The Labute approximate surface area is 119 Å². The number of hydrogen-bond acceptors (Lipinski definition) is 0. The van der Waals surface area contributed by atoms with Gasteiger partial charge in [-0.05, 0) is 24.6 Å². The first-order valence-corrected chi connectivity index (χ1v) is 5.48. The van der Waals surface area contributed by atoms with Crippen LogP contribution in [0, 0.1) is 6.92 Å². The number of nitrogens with one attached hydrogen (secondary N) is 1. The molecule has 1 N–H and O–H groups in total. The van der Waals surface area contributed by atoms with Crippen molar-refractivity contribution in [2.75, 3.05) is 0 Å². The zero-order chi connectivity index (χ0) is 11.0. The third-order valence-electron chi connectivity index (χ3n) is 2.92. The molecule has 3 aromatic rings. The molecular weight excluding hydrogens is 265 g/mol. The van der Waals surface area contributed by atoms with Crippen molar-refractivity contribution in [3.05, 3.63) is 60.3 Å². The number of H-pyrrole nitrogens is 1. The summed E-state index contributed by atoms with van der Waals surface area (Å²) in [6.07, 6.45) is 2.08. The lowest BCUT2D eigenvalue weighted by Crippen LogP contribution is -1.75. The van der Waals surface area contributed by atoms with Crippen LogP contribution >= 0.6 is 24.8 Å². The highest BCUT2D eigenvalue weighted by Crippen LogP contribution is 2.28. The average Bonchev–Trinajstić information content (AvgIpc) is 2.73. The van der Waals surface area contributed by atoms with Gasteiger partial charge in [0.2, 0.25) is 0 Å². The number of halogens is 2. The van der Waals surface area contributed by atoms with Crippen molar-refractivity contribution in [3.63, 3.8) is 0 Å². The first-order chi connectivity index (χ1) is 7.84. The second kappa shape index (κ2) is 5.94. The molecule has 0 aliphatic heterocycles. The van der Waals surface area contributed by atoms with Crippen molar-refractivity contribution in [3.8, 4) is 11.1 Å². The Bertz CT molecular complexity index is 629. The SMILES string of the molecule is Cc1ccc2[nH]cc(-c3ccccc3)c2c1.Cl.Cl. The summed E-state index contributed by atoms with van der Waals surface area (Å²) in [4.78, 5) is 3.31. The average molecular weight is 280 g/mol. The summed E-state index contributed by atoms with van der Waals surface area (Å²) in [6, 6.07) is 17.0. The van der Waals surface area contributed by atoms with Gasteiger partial charge in [0.05, 0.1) is 0 Å². The maximum Gasteiger partial charge on any atom is 0.0460 e. The van der Waals surface area contributed by atoms with Crippen LogP contribution in [0.15, 0.2) is 54.7 Å². The Kier molecular flexibility index (Phi) is 4.83. The summed E-state index contributed by atoms with van der Waals surface area (Å²) >= 11 is 0. The highest BCUT2D eigenvalue weighted by molar-refractivity contribution is 5.95. The van der Waals surface area contributed by atoms with Gasteiger partial charge in [0.15, 0.2) is 0 Å². The molecule has 0 fully saturated rings. The Hall–Kier alpha value is -1.44. The lowest BCUT2D eigenvalue weighted by atomic mass is 10.0. The summed E-state index contributed by atoms with van der Waals surface area (Å²) in [6.45, 7) is 2.13. The predicted octanol–water partition coefficient (Wildman–Crippen LogP) is 4.99. The summed E-state index contributed by atoms with van der Waals surface area (Å²) in [7, 11) is 0. The molecular formula is C15H15Cl2N. The zero-order valence-electron chi connectivity index (χ0n) is 10.0. The van der Waals surface area contributed by atoms with E-state index >= 15 is 0 Å². The molecule has 3 rings (SSSR count). The van der Waals surface area contributed by atoms with Gasteiger partial charge in [0.1, 0.15) is 0 Å². The Balaban J connectivity index is 0.000000810. The van der Waals surface area contributed by atoms with Crippen molar-refractivity contribution >= 4 is 35.7 Å². The van der Waals surface area contributed by atoms with Crippen LogP contribution in [0.25, 0.3) is 22.0 Å². The van der Waals surface area contributed by atoms with Gasteiger partial charge in [0.25, 0.3) is 0 Å². The minimum absolute atomic E-state index is 0. The normalized spacial score (nSPS) is 9.61. The molecule has 0 aliphatic rings. The molecule has 1 aromatic heterocycles. The van der Waals surface area contributed by atoms with Crippen LogP contribution in [0.5, 0.6) is 0 Å². The molecule has 18 heavy (non-hydrogen) atoms. The van der Waals surface area contributed by atoms with Crippen LogP contribution in [-0.4, -0.2) is 4.98 Å². The second-order valence-corrected chi connectivity index (χ2v) is 4.12. The van der Waals surface area contributed by atoms with Crippen molar-refractivity contribution in [1.82, 2.24) is 4.98 Å². The van der Waals surface area contributed by atoms with Crippen molar-refractivity contribution in [2.24, 2.45) is 0 Å². The molecule has 0 radical (unpaired) electrons. The molecule has 0 bridgehead atoms. The van der Waals surface area contributed by atoms with Gasteiger partial charge >= 0.3 is 0 Å². The molecule has 0 aliphatic carbocycles. The second-order valence-electron chi connectivity index (χ2n) is 4.12. The molecule has 0 saturated carbocycles. The lowest BCUT2D eigenvalue weighted by molar-refractivity contribution is 1.45. The molecule has 0 amide bonds. The van der Waals surface area contributed by atoms with E-state index < -0.39 is 0 Å². The first kappa shape index (κ1) is 14.6. The molecule has 0 saturated heterocycles. The fourth-order valence-corrected chi connectivity index (χ4v) is 2.09. The van der Waals surface area contributed by atoms with E-state index in [-0.39, 0.29) is 24.8 Å². The van der Waals surface area contributed by atoms with Crippen LogP contribution in [0.2, 0.25) is 0 Å². The third-order valence-corrected chi connectivity index (χ3v) is 2.92. The monoisotopic (exact) mass is 279 g/mol. The fraction of sp³-hybridized carbons (Fsp3) is 0.0667. The summed E-state index contributed by atoms with van der Waals surface area (Å²) in [5, 5.41) is 1.30. The lowest BCUT2D eigenvalue weighted by Gasteiger charge is -1.99. The number of benzene rings is 2. The van der Waals surface area contributed by atoms with Crippen LogP contribution in [0.4, 0.5) is 0 Å². The number of aromatic nitrogens is 1.